The molecule has 0 N–H and O–H groups in total. The molecule has 0 spiro atoms. The monoisotopic (exact) mass is 326 g/mol. The van der Waals surface area contributed by atoms with E-state index in [4.69, 9.17) is 0 Å². The van der Waals surface area contributed by atoms with Crippen LogP contribution in [0.2, 0.25) is 0 Å². The molecular formula is C19H26N4O. The van der Waals surface area contributed by atoms with Crippen molar-refractivity contribution in [2.24, 2.45) is 0 Å². The number of rotatable bonds is 5. The van der Waals surface area contributed by atoms with Gasteiger partial charge in [-0.25, -0.2) is 4.98 Å². The Balaban J connectivity index is 1.98. The highest BCUT2D eigenvalue weighted by atomic mass is 16.1. The van der Waals surface area contributed by atoms with Gasteiger partial charge in [0.05, 0.1) is 24.1 Å². The fraction of sp³-hybridized carbons (Fsp3) is 0.526. The summed E-state index contributed by atoms with van der Waals surface area (Å²) in [5.41, 5.74) is 2.97. The van der Waals surface area contributed by atoms with Crippen LogP contribution in [0.25, 0.3) is 0 Å². The van der Waals surface area contributed by atoms with Crippen LogP contribution in [0, 0.1) is 0 Å². The average molecular weight is 326 g/mol. The van der Waals surface area contributed by atoms with Crippen LogP contribution in [-0.4, -0.2) is 37.8 Å². The molecule has 2 aromatic heterocycles. The molecular weight excluding hydrogens is 300 g/mol. The van der Waals surface area contributed by atoms with Crippen LogP contribution in [-0.2, 0) is 17.6 Å². The number of hydrogen-bond donors (Lipinski definition) is 0. The third-order valence-electron chi connectivity index (χ3n) is 4.72. The maximum absolute atomic E-state index is 13.2. The molecule has 128 valence electrons. The van der Waals surface area contributed by atoms with E-state index in [1.54, 1.807) is 6.20 Å². The quantitative estimate of drug-likeness (QED) is 0.847. The Labute approximate surface area is 143 Å². The van der Waals surface area contributed by atoms with Crippen molar-refractivity contribution in [1.82, 2.24) is 19.4 Å². The van der Waals surface area contributed by atoms with Crippen molar-refractivity contribution in [1.29, 1.82) is 0 Å². The van der Waals surface area contributed by atoms with E-state index < -0.39 is 0 Å². The van der Waals surface area contributed by atoms with Gasteiger partial charge in [0.1, 0.15) is 6.04 Å². The molecule has 24 heavy (non-hydrogen) atoms. The lowest BCUT2D eigenvalue weighted by atomic mass is 9.94. The molecule has 3 heterocycles. The number of carbonyl (C=O) groups is 1. The summed E-state index contributed by atoms with van der Waals surface area (Å²) in [4.78, 5) is 24.4. The third kappa shape index (κ3) is 3.13. The first-order valence-electron chi connectivity index (χ1n) is 8.73. The molecule has 1 aliphatic rings. The summed E-state index contributed by atoms with van der Waals surface area (Å²) in [6.45, 7) is 9.45. The van der Waals surface area contributed by atoms with Gasteiger partial charge in [-0.3, -0.25) is 14.7 Å². The third-order valence-corrected chi connectivity index (χ3v) is 4.72. The van der Waals surface area contributed by atoms with E-state index in [1.165, 1.54) is 0 Å². The number of Topliss-reactive ketones (excluding diaryl/α,β-unsaturated/α-hetero) is 1. The smallest absolute Gasteiger partial charge is 0.162 e. The van der Waals surface area contributed by atoms with Crippen LogP contribution in [0.1, 0.15) is 56.9 Å². The second-order valence-corrected chi connectivity index (χ2v) is 7.03. The van der Waals surface area contributed by atoms with Crippen molar-refractivity contribution in [2.75, 3.05) is 6.54 Å². The van der Waals surface area contributed by atoms with Gasteiger partial charge in [-0.05, 0) is 39.8 Å². The Morgan fingerprint density at radius 2 is 2.00 bits per heavy atom. The van der Waals surface area contributed by atoms with Crippen LogP contribution in [0.4, 0.5) is 0 Å². The Kier molecular flexibility index (Phi) is 4.81. The van der Waals surface area contributed by atoms with Gasteiger partial charge in [0.2, 0.25) is 0 Å². The molecule has 5 nitrogen and oxygen atoms in total. The highest BCUT2D eigenvalue weighted by Crippen LogP contribution is 2.33. The lowest BCUT2D eigenvalue weighted by Gasteiger charge is -2.38. The Morgan fingerprint density at radius 1 is 1.21 bits per heavy atom. The van der Waals surface area contributed by atoms with Gasteiger partial charge in [0.15, 0.2) is 5.78 Å². The molecule has 0 amide bonds. The summed E-state index contributed by atoms with van der Waals surface area (Å²) in [5.74, 6) is 0.200. The Hall–Kier alpha value is -2.01. The fourth-order valence-corrected chi connectivity index (χ4v) is 3.51. The van der Waals surface area contributed by atoms with E-state index in [0.29, 0.717) is 18.5 Å². The van der Waals surface area contributed by atoms with Gasteiger partial charge in [-0.15, -0.1) is 0 Å². The maximum Gasteiger partial charge on any atom is 0.162 e. The van der Waals surface area contributed by atoms with Crippen molar-refractivity contribution < 1.29 is 4.79 Å². The summed E-state index contributed by atoms with van der Waals surface area (Å²) in [6.07, 6.45) is 4.89. The molecule has 5 heteroatoms. The zero-order chi connectivity index (χ0) is 17.3. The van der Waals surface area contributed by atoms with Crippen LogP contribution in [0.3, 0.4) is 0 Å². The molecule has 0 saturated carbocycles. The van der Waals surface area contributed by atoms with E-state index in [0.717, 1.165) is 30.0 Å². The SMILES string of the molecule is CC(C)N1CCc2ncn(C(C)C)c2C1C(=O)Cc1ccccn1. The van der Waals surface area contributed by atoms with E-state index in [9.17, 15) is 4.79 Å². The number of hydrogen-bond acceptors (Lipinski definition) is 4. The minimum Gasteiger partial charge on any atom is -0.330 e. The molecule has 0 bridgehead atoms. The van der Waals surface area contributed by atoms with E-state index in [1.807, 2.05) is 24.5 Å². The molecule has 0 radical (unpaired) electrons. The summed E-state index contributed by atoms with van der Waals surface area (Å²) in [7, 11) is 0. The Bertz CT molecular complexity index is 705. The number of fused-ring (bicyclic) bond motifs is 1. The summed E-state index contributed by atoms with van der Waals surface area (Å²) in [5, 5.41) is 0. The summed E-state index contributed by atoms with van der Waals surface area (Å²) < 4.78 is 2.16. The molecule has 1 aliphatic heterocycles. The Morgan fingerprint density at radius 3 is 2.62 bits per heavy atom. The van der Waals surface area contributed by atoms with E-state index in [2.05, 4.69) is 47.1 Å². The standard InChI is InChI=1S/C19H26N4O/c1-13(2)22-10-8-16-18(23(12-21-16)14(3)4)19(22)17(24)11-15-7-5-6-9-20-15/h5-7,9,12-14,19H,8,10-11H2,1-4H3. The molecule has 1 atom stereocenters. The normalized spacial score (nSPS) is 18.2. The number of nitrogens with zero attached hydrogens (tertiary/aromatic N) is 4. The van der Waals surface area contributed by atoms with Gasteiger partial charge in [-0.1, -0.05) is 6.07 Å². The largest absolute Gasteiger partial charge is 0.330 e. The fourth-order valence-electron chi connectivity index (χ4n) is 3.51. The first-order chi connectivity index (χ1) is 11.5. The summed E-state index contributed by atoms with van der Waals surface area (Å²) >= 11 is 0. The van der Waals surface area contributed by atoms with Gasteiger partial charge < -0.3 is 4.57 Å². The number of aromatic nitrogens is 3. The van der Waals surface area contributed by atoms with Crippen LogP contribution in [0.15, 0.2) is 30.7 Å². The van der Waals surface area contributed by atoms with Crippen LogP contribution < -0.4 is 0 Å². The van der Waals surface area contributed by atoms with Crippen molar-refractivity contribution >= 4 is 5.78 Å². The molecule has 0 aliphatic carbocycles. The molecule has 0 saturated heterocycles. The summed E-state index contributed by atoms with van der Waals surface area (Å²) in [6, 6.07) is 6.09. The first kappa shape index (κ1) is 16.8. The second-order valence-electron chi connectivity index (χ2n) is 7.03. The molecule has 1 unspecified atom stereocenters. The van der Waals surface area contributed by atoms with Crippen LogP contribution >= 0.6 is 0 Å². The van der Waals surface area contributed by atoms with Gasteiger partial charge in [0, 0.05) is 36.9 Å². The highest BCUT2D eigenvalue weighted by Gasteiger charge is 2.37. The molecule has 0 aromatic carbocycles. The number of imidazole rings is 1. The second kappa shape index (κ2) is 6.85. The average Bonchev–Trinajstić information content (AvgIpc) is 2.98. The molecule has 3 rings (SSSR count). The lowest BCUT2D eigenvalue weighted by molar-refractivity contribution is -0.125. The minimum absolute atomic E-state index is 0.200. The van der Waals surface area contributed by atoms with Gasteiger partial charge in [-0.2, -0.15) is 0 Å². The molecule has 2 aromatic rings. The highest BCUT2D eigenvalue weighted by molar-refractivity contribution is 5.87. The number of ketones is 1. The van der Waals surface area contributed by atoms with Crippen LogP contribution in [0.5, 0.6) is 0 Å². The van der Waals surface area contributed by atoms with Crippen molar-refractivity contribution in [2.45, 2.75) is 58.7 Å². The van der Waals surface area contributed by atoms with E-state index >= 15 is 0 Å². The predicted molar refractivity (Wildman–Crippen MR) is 93.8 cm³/mol. The zero-order valence-corrected chi connectivity index (χ0v) is 14.9. The topological polar surface area (TPSA) is 51.0 Å². The molecule has 0 fully saturated rings. The van der Waals surface area contributed by atoms with Crippen molar-refractivity contribution in [3.8, 4) is 0 Å². The minimum atomic E-state index is -0.236. The van der Waals surface area contributed by atoms with Crippen molar-refractivity contribution in [3.63, 3.8) is 0 Å². The number of carbonyl (C=O) groups excluding carboxylic acids is 1. The number of pyridine rings is 1. The predicted octanol–water partition coefficient (Wildman–Crippen LogP) is 2.98. The maximum atomic E-state index is 13.2. The van der Waals surface area contributed by atoms with Crippen molar-refractivity contribution in [3.05, 3.63) is 47.8 Å². The first-order valence-corrected chi connectivity index (χ1v) is 8.73. The van der Waals surface area contributed by atoms with E-state index in [-0.39, 0.29) is 11.8 Å². The lowest BCUT2D eigenvalue weighted by Crippen LogP contribution is -2.45. The zero-order valence-electron chi connectivity index (χ0n) is 14.9. The van der Waals surface area contributed by atoms with Gasteiger partial charge in [0.25, 0.3) is 0 Å². The van der Waals surface area contributed by atoms with Gasteiger partial charge >= 0.3 is 0 Å².